The molecule has 114 valence electrons. The van der Waals surface area contributed by atoms with Gasteiger partial charge in [0.1, 0.15) is 0 Å². The van der Waals surface area contributed by atoms with Gasteiger partial charge in [0.25, 0.3) is 0 Å². The predicted octanol–water partition coefficient (Wildman–Crippen LogP) is 3.00. The lowest BCUT2D eigenvalue weighted by Gasteiger charge is -2.20. The van der Waals surface area contributed by atoms with Gasteiger partial charge in [-0.15, -0.1) is 11.8 Å². The Morgan fingerprint density at radius 1 is 1.38 bits per heavy atom. The van der Waals surface area contributed by atoms with Crippen molar-refractivity contribution < 1.29 is 14.7 Å². The Morgan fingerprint density at radius 2 is 2.05 bits per heavy atom. The largest absolute Gasteiger partial charge is 0.481 e. The molecule has 2 rings (SSSR count). The second kappa shape index (κ2) is 6.71. The molecule has 1 fully saturated rings. The van der Waals surface area contributed by atoms with Crippen LogP contribution in [0.25, 0.3) is 0 Å². The first kappa shape index (κ1) is 16.2. The highest BCUT2D eigenvalue weighted by Gasteiger charge is 2.38. The van der Waals surface area contributed by atoms with Gasteiger partial charge in [0.15, 0.2) is 0 Å². The molecule has 1 saturated heterocycles. The van der Waals surface area contributed by atoms with Crippen LogP contribution in [0.2, 0.25) is 5.02 Å². The zero-order valence-corrected chi connectivity index (χ0v) is 13.5. The smallest absolute Gasteiger partial charge is 0.308 e. The van der Waals surface area contributed by atoms with Crippen LogP contribution < -0.4 is 0 Å². The number of hydrogen-bond donors (Lipinski definition) is 1. The summed E-state index contributed by atoms with van der Waals surface area (Å²) in [5, 5.41) is 9.47. The van der Waals surface area contributed by atoms with Gasteiger partial charge in [0.2, 0.25) is 5.91 Å². The summed E-state index contributed by atoms with van der Waals surface area (Å²) in [6, 6.07) is 7.39. The minimum Gasteiger partial charge on any atom is -0.481 e. The number of carboxylic acids is 1. The standard InChI is InChI=1S/C15H18ClNO3S/c1-9-7-17(8-11(9)15(19)20)14(18)10(2)21-13-6-4-3-5-12(13)16/h3-6,9-11H,7-8H2,1-2H3,(H,19,20)/t9-,10?,11-/m1/s1. The Balaban J connectivity index is 2.01. The van der Waals surface area contributed by atoms with Gasteiger partial charge >= 0.3 is 5.97 Å². The molecule has 4 nitrogen and oxygen atoms in total. The van der Waals surface area contributed by atoms with Gasteiger partial charge in [-0.3, -0.25) is 9.59 Å². The summed E-state index contributed by atoms with van der Waals surface area (Å²) in [5.41, 5.74) is 0. The number of hydrogen-bond acceptors (Lipinski definition) is 3. The lowest BCUT2D eigenvalue weighted by molar-refractivity contribution is -0.142. The van der Waals surface area contributed by atoms with Gasteiger partial charge in [0, 0.05) is 18.0 Å². The molecule has 6 heteroatoms. The Kier molecular flexibility index (Phi) is 5.17. The minimum absolute atomic E-state index is 0.0102. The number of thioether (sulfide) groups is 1. The topological polar surface area (TPSA) is 57.6 Å². The van der Waals surface area contributed by atoms with E-state index < -0.39 is 11.9 Å². The highest BCUT2D eigenvalue weighted by Crippen LogP contribution is 2.32. The van der Waals surface area contributed by atoms with Gasteiger partial charge in [-0.05, 0) is 25.0 Å². The van der Waals surface area contributed by atoms with E-state index in [4.69, 9.17) is 16.7 Å². The molecule has 1 N–H and O–H groups in total. The van der Waals surface area contributed by atoms with Gasteiger partial charge < -0.3 is 10.0 Å². The van der Waals surface area contributed by atoms with Crippen molar-refractivity contribution in [1.82, 2.24) is 4.90 Å². The molecule has 0 saturated carbocycles. The number of amides is 1. The van der Waals surface area contributed by atoms with Crippen LogP contribution in [0.4, 0.5) is 0 Å². The van der Waals surface area contributed by atoms with Gasteiger partial charge in [-0.1, -0.05) is 30.7 Å². The van der Waals surface area contributed by atoms with E-state index >= 15 is 0 Å². The normalized spacial score (nSPS) is 23.1. The van der Waals surface area contributed by atoms with E-state index in [-0.39, 0.29) is 17.1 Å². The van der Waals surface area contributed by atoms with E-state index in [1.54, 1.807) is 11.0 Å². The number of carbonyl (C=O) groups excluding carboxylic acids is 1. The molecule has 21 heavy (non-hydrogen) atoms. The second-order valence-corrected chi connectivity index (χ2v) is 7.15. The van der Waals surface area contributed by atoms with Crippen molar-refractivity contribution in [1.29, 1.82) is 0 Å². The number of carbonyl (C=O) groups is 2. The summed E-state index contributed by atoms with van der Waals surface area (Å²) >= 11 is 7.50. The van der Waals surface area contributed by atoms with E-state index in [1.807, 2.05) is 32.0 Å². The van der Waals surface area contributed by atoms with E-state index in [0.29, 0.717) is 18.1 Å². The lowest BCUT2D eigenvalue weighted by atomic mass is 9.99. The number of nitrogens with zero attached hydrogens (tertiary/aromatic N) is 1. The Hall–Kier alpha value is -1.20. The van der Waals surface area contributed by atoms with Crippen molar-refractivity contribution in [3.63, 3.8) is 0 Å². The summed E-state index contributed by atoms with van der Waals surface area (Å²) in [5.74, 6) is -1.34. The lowest BCUT2D eigenvalue weighted by Crippen LogP contribution is -2.35. The molecule has 1 heterocycles. The summed E-state index contributed by atoms with van der Waals surface area (Å²) in [6.45, 7) is 4.50. The molecule has 3 atom stereocenters. The van der Waals surface area contributed by atoms with Gasteiger partial charge in [0.05, 0.1) is 16.2 Å². The molecule has 0 radical (unpaired) electrons. The average molecular weight is 328 g/mol. The summed E-state index contributed by atoms with van der Waals surface area (Å²) in [7, 11) is 0. The Labute approximate surface area is 133 Å². The van der Waals surface area contributed by atoms with Crippen LogP contribution in [0.1, 0.15) is 13.8 Å². The van der Waals surface area contributed by atoms with Crippen LogP contribution in [0.5, 0.6) is 0 Å². The number of aliphatic carboxylic acids is 1. The van der Waals surface area contributed by atoms with Crippen LogP contribution in [0.15, 0.2) is 29.2 Å². The molecule has 1 aliphatic heterocycles. The van der Waals surface area contributed by atoms with Crippen LogP contribution in [0, 0.1) is 11.8 Å². The summed E-state index contributed by atoms with van der Waals surface area (Å²) < 4.78 is 0. The fraction of sp³-hybridized carbons (Fsp3) is 0.467. The van der Waals surface area contributed by atoms with Crippen LogP contribution >= 0.6 is 23.4 Å². The third-order valence-electron chi connectivity index (χ3n) is 3.73. The number of rotatable bonds is 4. The summed E-state index contributed by atoms with van der Waals surface area (Å²) in [6.07, 6.45) is 0. The molecule has 1 aliphatic rings. The Bertz CT molecular complexity index is 551. The van der Waals surface area contributed by atoms with Crippen molar-refractivity contribution >= 4 is 35.2 Å². The molecule has 1 aromatic carbocycles. The minimum atomic E-state index is -0.829. The highest BCUT2D eigenvalue weighted by molar-refractivity contribution is 8.00. The number of benzene rings is 1. The summed E-state index contributed by atoms with van der Waals surface area (Å²) in [4.78, 5) is 26.1. The molecule has 1 unspecified atom stereocenters. The maximum absolute atomic E-state index is 12.4. The van der Waals surface area contributed by atoms with Crippen molar-refractivity contribution in [3.8, 4) is 0 Å². The number of halogens is 1. The van der Waals surface area contributed by atoms with Crippen LogP contribution in [-0.4, -0.2) is 40.2 Å². The molecular weight excluding hydrogens is 310 g/mol. The fourth-order valence-electron chi connectivity index (χ4n) is 2.51. The quantitative estimate of drug-likeness (QED) is 0.864. The molecule has 1 amide bonds. The molecule has 0 bridgehead atoms. The predicted molar refractivity (Wildman–Crippen MR) is 83.6 cm³/mol. The maximum atomic E-state index is 12.4. The van der Waals surface area contributed by atoms with Crippen LogP contribution in [-0.2, 0) is 9.59 Å². The van der Waals surface area contributed by atoms with E-state index in [1.165, 1.54) is 11.8 Å². The zero-order chi connectivity index (χ0) is 15.6. The van der Waals surface area contributed by atoms with E-state index in [2.05, 4.69) is 0 Å². The molecule has 0 aliphatic carbocycles. The van der Waals surface area contributed by atoms with E-state index in [9.17, 15) is 9.59 Å². The third kappa shape index (κ3) is 3.71. The first-order chi connectivity index (χ1) is 9.90. The first-order valence-corrected chi connectivity index (χ1v) is 8.08. The highest BCUT2D eigenvalue weighted by atomic mass is 35.5. The first-order valence-electron chi connectivity index (χ1n) is 6.83. The van der Waals surface area contributed by atoms with Crippen molar-refractivity contribution in [2.24, 2.45) is 11.8 Å². The molecule has 0 spiro atoms. The monoisotopic (exact) mass is 327 g/mol. The van der Waals surface area contributed by atoms with Crippen molar-refractivity contribution in [2.75, 3.05) is 13.1 Å². The third-order valence-corrected chi connectivity index (χ3v) is 5.34. The number of likely N-dealkylation sites (tertiary alicyclic amines) is 1. The number of carboxylic acid groups (broad SMARTS) is 1. The molecular formula is C15H18ClNO3S. The SMILES string of the molecule is CC(Sc1ccccc1Cl)C(=O)N1C[C@@H](C)[C@H](C(=O)O)C1. The molecule has 1 aromatic rings. The second-order valence-electron chi connectivity index (χ2n) is 5.36. The Morgan fingerprint density at radius 3 is 2.62 bits per heavy atom. The van der Waals surface area contributed by atoms with Crippen molar-refractivity contribution in [3.05, 3.63) is 29.3 Å². The van der Waals surface area contributed by atoms with Gasteiger partial charge in [-0.2, -0.15) is 0 Å². The van der Waals surface area contributed by atoms with Gasteiger partial charge in [-0.25, -0.2) is 0 Å². The maximum Gasteiger partial charge on any atom is 0.308 e. The van der Waals surface area contributed by atoms with Crippen LogP contribution in [0.3, 0.4) is 0 Å². The fourth-order valence-corrected chi connectivity index (χ4v) is 3.74. The van der Waals surface area contributed by atoms with E-state index in [0.717, 1.165) is 4.90 Å². The van der Waals surface area contributed by atoms with Crippen molar-refractivity contribution in [2.45, 2.75) is 24.0 Å². The molecule has 0 aromatic heterocycles. The average Bonchev–Trinajstić information content (AvgIpc) is 2.82. The zero-order valence-electron chi connectivity index (χ0n) is 12.0.